The Morgan fingerprint density at radius 2 is 1.86 bits per heavy atom. The van der Waals surface area contributed by atoms with E-state index in [1.807, 2.05) is 33.8 Å². The summed E-state index contributed by atoms with van der Waals surface area (Å²) in [6.45, 7) is 16.8. The quantitative estimate of drug-likeness (QED) is 0.434. The molecule has 2 N–H and O–H groups in total. The van der Waals surface area contributed by atoms with Crippen LogP contribution in [0.4, 0.5) is 13.6 Å². The van der Waals surface area contributed by atoms with E-state index in [-0.39, 0.29) is 31.6 Å². The predicted molar refractivity (Wildman–Crippen MR) is 141 cm³/mol. The Labute approximate surface area is 220 Å². The van der Waals surface area contributed by atoms with Gasteiger partial charge in [0.05, 0.1) is 45.9 Å². The number of ether oxygens (including phenoxy) is 1. The number of amides is 1. The van der Waals surface area contributed by atoms with Crippen molar-refractivity contribution in [1.29, 1.82) is 0 Å². The Morgan fingerprint density at radius 1 is 1.24 bits per heavy atom. The van der Waals surface area contributed by atoms with Crippen molar-refractivity contribution in [2.45, 2.75) is 103 Å². The standard InChI is InChI=1S/C26H39F2N5O3S/c1-16(2)21(32-37(35)25(6,7)8)18-13-20-30-19(15-33(20)29-14-18)22(31-23(34)36-24(3,4)5)17-9-11-26(27,28)12-10-17/h13-15,17,21-22,32H,1,9-12H2,2-8H3,(H,31,34)/t21-,22-,37?/m0/s1. The average Bonchev–Trinajstić information content (AvgIpc) is 3.16. The largest absolute Gasteiger partial charge is 0.444 e. The highest BCUT2D eigenvalue weighted by molar-refractivity contribution is 7.84. The average molecular weight is 540 g/mol. The first-order valence-electron chi connectivity index (χ1n) is 12.5. The molecule has 3 atom stereocenters. The lowest BCUT2D eigenvalue weighted by atomic mass is 9.81. The number of rotatable bonds is 7. The zero-order chi connectivity index (χ0) is 27.8. The van der Waals surface area contributed by atoms with E-state index in [2.05, 4.69) is 21.7 Å². The van der Waals surface area contributed by atoms with E-state index in [0.717, 1.165) is 11.1 Å². The Bertz CT molecular complexity index is 1160. The summed E-state index contributed by atoms with van der Waals surface area (Å²) < 4.78 is 50.2. The molecule has 8 nitrogen and oxygen atoms in total. The highest BCUT2D eigenvalue weighted by Gasteiger charge is 2.39. The molecule has 0 saturated heterocycles. The molecule has 1 saturated carbocycles. The second-order valence-electron chi connectivity index (χ2n) is 11.9. The normalized spacial score (nSPS) is 19.3. The van der Waals surface area contributed by atoms with Crippen LogP contribution in [0.15, 0.2) is 30.6 Å². The molecule has 0 bridgehead atoms. The van der Waals surface area contributed by atoms with Gasteiger partial charge in [0.1, 0.15) is 5.60 Å². The molecule has 3 rings (SSSR count). The number of nitrogens with zero attached hydrogens (tertiary/aromatic N) is 3. The van der Waals surface area contributed by atoms with Gasteiger partial charge in [0, 0.05) is 12.8 Å². The van der Waals surface area contributed by atoms with E-state index in [1.165, 1.54) is 0 Å². The molecule has 2 aromatic heterocycles. The first-order valence-corrected chi connectivity index (χ1v) is 13.7. The number of carbonyl (C=O) groups excluding carboxylic acids is 1. The third-order valence-electron chi connectivity index (χ3n) is 6.19. The van der Waals surface area contributed by atoms with Crippen LogP contribution in [0.5, 0.6) is 0 Å². The lowest BCUT2D eigenvalue weighted by Gasteiger charge is -2.33. The minimum atomic E-state index is -2.69. The number of aromatic nitrogens is 3. The van der Waals surface area contributed by atoms with E-state index >= 15 is 0 Å². The molecule has 1 unspecified atom stereocenters. The van der Waals surface area contributed by atoms with Crippen molar-refractivity contribution >= 4 is 22.7 Å². The van der Waals surface area contributed by atoms with Crippen molar-refractivity contribution in [3.63, 3.8) is 0 Å². The summed E-state index contributed by atoms with van der Waals surface area (Å²) >= 11 is 0. The van der Waals surface area contributed by atoms with Gasteiger partial charge in [-0.3, -0.25) is 0 Å². The molecule has 0 spiro atoms. The van der Waals surface area contributed by atoms with Crippen LogP contribution in [0.3, 0.4) is 0 Å². The van der Waals surface area contributed by atoms with Crippen LogP contribution in [0.25, 0.3) is 5.65 Å². The number of hydrogen-bond donors (Lipinski definition) is 2. The summed E-state index contributed by atoms with van der Waals surface area (Å²) in [5.41, 5.74) is 1.83. The van der Waals surface area contributed by atoms with E-state index in [4.69, 9.17) is 9.72 Å². The SMILES string of the molecule is C=C(C)[C@H](NS(=O)C(C)(C)C)c1cnn2cc([C@@H](NC(=O)OC(C)(C)C)C3CCC(F)(F)CC3)nc2c1. The molecule has 1 aliphatic carbocycles. The second kappa shape index (κ2) is 10.8. The number of fused-ring (bicyclic) bond motifs is 1. The van der Waals surface area contributed by atoms with Gasteiger partial charge in [0.2, 0.25) is 5.92 Å². The Hall–Kier alpha value is -2.40. The van der Waals surface area contributed by atoms with Gasteiger partial charge in [0.25, 0.3) is 0 Å². The van der Waals surface area contributed by atoms with Gasteiger partial charge in [0.15, 0.2) is 5.65 Å². The van der Waals surface area contributed by atoms with Crippen molar-refractivity contribution < 1.29 is 22.5 Å². The maximum absolute atomic E-state index is 13.9. The van der Waals surface area contributed by atoms with Crippen molar-refractivity contribution in [2.75, 3.05) is 0 Å². The van der Waals surface area contributed by atoms with Gasteiger partial charge in [-0.05, 0) is 78.9 Å². The molecule has 1 amide bonds. The topological polar surface area (TPSA) is 97.6 Å². The molecule has 11 heteroatoms. The first-order chi connectivity index (χ1) is 16.9. The van der Waals surface area contributed by atoms with Crippen molar-refractivity contribution in [2.24, 2.45) is 5.92 Å². The lowest BCUT2D eigenvalue weighted by molar-refractivity contribution is -0.0500. The smallest absolute Gasteiger partial charge is 0.408 e. The molecule has 2 heterocycles. The van der Waals surface area contributed by atoms with Crippen LogP contribution in [0.2, 0.25) is 0 Å². The van der Waals surface area contributed by atoms with Gasteiger partial charge in [-0.25, -0.2) is 32.0 Å². The van der Waals surface area contributed by atoms with Crippen LogP contribution in [-0.4, -0.2) is 41.2 Å². The molecule has 0 radical (unpaired) electrons. The fourth-order valence-corrected chi connectivity index (χ4v) is 5.12. The van der Waals surface area contributed by atoms with E-state index in [9.17, 15) is 17.8 Å². The van der Waals surface area contributed by atoms with Gasteiger partial charge in [-0.2, -0.15) is 5.10 Å². The number of carbonyl (C=O) groups is 1. The number of hydrogen-bond acceptors (Lipinski definition) is 5. The second-order valence-corrected chi connectivity index (χ2v) is 13.9. The lowest BCUT2D eigenvalue weighted by Crippen LogP contribution is -2.40. The minimum absolute atomic E-state index is 0.226. The Kier molecular flexibility index (Phi) is 8.48. The third kappa shape index (κ3) is 7.80. The number of alkyl carbamates (subject to hydrolysis) is 1. The van der Waals surface area contributed by atoms with Crippen LogP contribution in [0, 0.1) is 5.92 Å². The molecular formula is C26H39F2N5O3S. The number of alkyl halides is 2. The van der Waals surface area contributed by atoms with Gasteiger partial charge in [-0.15, -0.1) is 0 Å². The maximum Gasteiger partial charge on any atom is 0.408 e. The van der Waals surface area contributed by atoms with Gasteiger partial charge in [-0.1, -0.05) is 12.2 Å². The molecule has 1 aliphatic rings. The summed E-state index contributed by atoms with van der Waals surface area (Å²) in [5, 5.41) is 7.34. The predicted octanol–water partition coefficient (Wildman–Crippen LogP) is 5.79. The number of nitrogens with one attached hydrogen (secondary N) is 2. The minimum Gasteiger partial charge on any atom is -0.444 e. The molecule has 206 valence electrons. The molecule has 0 aromatic carbocycles. The molecule has 2 aromatic rings. The van der Waals surface area contributed by atoms with E-state index in [0.29, 0.717) is 11.3 Å². The first kappa shape index (κ1) is 29.2. The molecule has 0 aliphatic heterocycles. The fraction of sp³-hybridized carbons (Fsp3) is 0.654. The Morgan fingerprint density at radius 3 is 2.41 bits per heavy atom. The zero-order valence-corrected chi connectivity index (χ0v) is 23.5. The zero-order valence-electron chi connectivity index (χ0n) is 22.7. The fourth-order valence-electron chi connectivity index (χ4n) is 4.22. The third-order valence-corrected chi connectivity index (χ3v) is 7.75. The highest BCUT2D eigenvalue weighted by atomic mass is 32.2. The molecule has 1 fully saturated rings. The van der Waals surface area contributed by atoms with Gasteiger partial charge < -0.3 is 10.1 Å². The van der Waals surface area contributed by atoms with Gasteiger partial charge >= 0.3 is 6.09 Å². The summed E-state index contributed by atoms with van der Waals surface area (Å²) in [7, 11) is -1.34. The van der Waals surface area contributed by atoms with Crippen LogP contribution >= 0.6 is 0 Å². The van der Waals surface area contributed by atoms with Crippen molar-refractivity contribution in [3.05, 3.63) is 41.9 Å². The van der Waals surface area contributed by atoms with Crippen LogP contribution < -0.4 is 10.0 Å². The maximum atomic E-state index is 13.9. The highest BCUT2D eigenvalue weighted by Crippen LogP contribution is 2.41. The number of imidazole rings is 1. The monoisotopic (exact) mass is 539 g/mol. The summed E-state index contributed by atoms with van der Waals surface area (Å²) in [6, 6.07) is 0.802. The van der Waals surface area contributed by atoms with E-state index in [1.54, 1.807) is 37.7 Å². The Balaban J connectivity index is 1.93. The van der Waals surface area contributed by atoms with Crippen molar-refractivity contribution in [1.82, 2.24) is 24.6 Å². The van der Waals surface area contributed by atoms with Crippen LogP contribution in [-0.2, 0) is 15.7 Å². The molecule has 37 heavy (non-hydrogen) atoms. The van der Waals surface area contributed by atoms with Crippen molar-refractivity contribution in [3.8, 4) is 0 Å². The summed E-state index contributed by atoms with van der Waals surface area (Å²) in [4.78, 5) is 17.4. The molecular weight excluding hydrogens is 500 g/mol. The summed E-state index contributed by atoms with van der Waals surface area (Å²) in [5.74, 6) is -2.92. The van der Waals surface area contributed by atoms with E-state index < -0.39 is 45.4 Å². The summed E-state index contributed by atoms with van der Waals surface area (Å²) in [6.07, 6.45) is 2.75. The number of halogens is 2. The van der Waals surface area contributed by atoms with Crippen LogP contribution in [0.1, 0.15) is 97.5 Å².